The summed E-state index contributed by atoms with van der Waals surface area (Å²) < 4.78 is 7.81. The van der Waals surface area contributed by atoms with Gasteiger partial charge in [-0.25, -0.2) is 0 Å². The zero-order valence-electron chi connectivity index (χ0n) is 13.2. The smallest absolute Gasteiger partial charge is 0.138 e. The van der Waals surface area contributed by atoms with Gasteiger partial charge in [0.05, 0.1) is 16.7 Å². The first-order valence-electron chi connectivity index (χ1n) is 7.55. The Bertz CT molecular complexity index is 632. The summed E-state index contributed by atoms with van der Waals surface area (Å²) in [5, 5.41) is 13.5. The van der Waals surface area contributed by atoms with E-state index in [0.29, 0.717) is 13.1 Å². The Hall–Kier alpha value is -0.880. The molecule has 0 aliphatic heterocycles. The molecule has 0 bridgehead atoms. The molecular formula is C18H21Br2NO2. The molecule has 0 aromatic heterocycles. The fraction of sp³-hybridized carbons (Fsp3) is 0.333. The maximum atomic E-state index is 10.2. The third-order valence-corrected chi connectivity index (χ3v) is 4.32. The molecule has 5 heteroatoms. The van der Waals surface area contributed by atoms with Crippen LogP contribution in [0.1, 0.15) is 31.1 Å². The lowest BCUT2D eigenvalue weighted by Gasteiger charge is -2.18. The second-order valence-corrected chi connectivity index (χ2v) is 7.37. The minimum absolute atomic E-state index is 0.0983. The molecule has 0 saturated heterocycles. The van der Waals surface area contributed by atoms with Gasteiger partial charge in [-0.2, -0.15) is 0 Å². The number of aliphatic hydroxyl groups excluding tert-OH is 1. The van der Waals surface area contributed by atoms with Crippen LogP contribution >= 0.6 is 31.9 Å². The number of hydrogen-bond donors (Lipinski definition) is 2. The maximum Gasteiger partial charge on any atom is 0.138 e. The molecule has 2 N–H and O–H groups in total. The van der Waals surface area contributed by atoms with Crippen molar-refractivity contribution in [2.24, 2.45) is 0 Å². The van der Waals surface area contributed by atoms with Gasteiger partial charge in [-0.1, -0.05) is 46.3 Å². The minimum atomic E-state index is -0.527. The number of hydrogen-bond acceptors (Lipinski definition) is 3. The summed E-state index contributed by atoms with van der Waals surface area (Å²) in [4.78, 5) is 0. The van der Waals surface area contributed by atoms with E-state index in [9.17, 15) is 5.11 Å². The predicted octanol–water partition coefficient (Wildman–Crippen LogP) is 4.82. The van der Waals surface area contributed by atoms with Crippen molar-refractivity contribution in [3.8, 4) is 5.75 Å². The molecule has 0 saturated carbocycles. The summed E-state index contributed by atoms with van der Waals surface area (Å²) in [6.45, 7) is 5.11. The van der Waals surface area contributed by atoms with Gasteiger partial charge in [0, 0.05) is 23.1 Å². The zero-order valence-corrected chi connectivity index (χ0v) is 16.4. The van der Waals surface area contributed by atoms with E-state index >= 15 is 0 Å². The lowest BCUT2D eigenvalue weighted by Crippen LogP contribution is -2.22. The van der Waals surface area contributed by atoms with Crippen LogP contribution < -0.4 is 10.1 Å². The fourth-order valence-corrected chi connectivity index (χ4v) is 3.66. The number of benzene rings is 2. The van der Waals surface area contributed by atoms with Crippen molar-refractivity contribution >= 4 is 31.9 Å². The zero-order chi connectivity index (χ0) is 16.8. The molecule has 2 rings (SSSR count). The van der Waals surface area contributed by atoms with Crippen LogP contribution in [0.15, 0.2) is 51.4 Å². The highest BCUT2D eigenvalue weighted by atomic mass is 79.9. The lowest BCUT2D eigenvalue weighted by molar-refractivity contribution is 0.174. The average molecular weight is 443 g/mol. The van der Waals surface area contributed by atoms with Crippen LogP contribution in [0.2, 0.25) is 0 Å². The van der Waals surface area contributed by atoms with Crippen LogP contribution in [0, 0.1) is 0 Å². The van der Waals surface area contributed by atoms with Gasteiger partial charge in [0.15, 0.2) is 0 Å². The van der Waals surface area contributed by atoms with E-state index in [1.165, 1.54) is 0 Å². The van der Waals surface area contributed by atoms with Crippen molar-refractivity contribution in [2.45, 2.75) is 32.6 Å². The van der Waals surface area contributed by atoms with E-state index in [1.54, 1.807) is 0 Å². The number of rotatable bonds is 7. The topological polar surface area (TPSA) is 41.5 Å². The first-order chi connectivity index (χ1) is 11.0. The summed E-state index contributed by atoms with van der Waals surface area (Å²) in [6.07, 6.45) is -0.428. The molecule has 0 radical (unpaired) electrons. The highest BCUT2D eigenvalue weighted by Crippen LogP contribution is 2.33. The molecule has 0 aliphatic rings. The third kappa shape index (κ3) is 5.60. The Morgan fingerprint density at radius 2 is 1.83 bits per heavy atom. The minimum Gasteiger partial charge on any atom is -0.489 e. The molecule has 0 fully saturated rings. The molecule has 0 aliphatic carbocycles. The Morgan fingerprint density at radius 3 is 2.48 bits per heavy atom. The van der Waals surface area contributed by atoms with E-state index in [1.807, 2.05) is 56.3 Å². The Balaban J connectivity index is 2.02. The molecule has 1 unspecified atom stereocenters. The average Bonchev–Trinajstić information content (AvgIpc) is 2.51. The Kier molecular flexibility index (Phi) is 7.09. The molecule has 1 atom stereocenters. The monoisotopic (exact) mass is 441 g/mol. The van der Waals surface area contributed by atoms with Gasteiger partial charge < -0.3 is 15.2 Å². The number of aliphatic hydroxyl groups is 1. The molecule has 0 spiro atoms. The van der Waals surface area contributed by atoms with Crippen molar-refractivity contribution in [2.75, 3.05) is 6.54 Å². The van der Waals surface area contributed by atoms with Gasteiger partial charge in [0.25, 0.3) is 0 Å². The molecular weight excluding hydrogens is 422 g/mol. The van der Waals surface area contributed by atoms with Gasteiger partial charge in [-0.15, -0.1) is 0 Å². The van der Waals surface area contributed by atoms with Crippen molar-refractivity contribution < 1.29 is 9.84 Å². The normalized spacial score (nSPS) is 12.4. The van der Waals surface area contributed by atoms with E-state index in [2.05, 4.69) is 37.2 Å². The third-order valence-electron chi connectivity index (χ3n) is 3.28. The summed E-state index contributed by atoms with van der Waals surface area (Å²) >= 11 is 7.06. The van der Waals surface area contributed by atoms with Crippen LogP contribution in [0.5, 0.6) is 5.75 Å². The summed E-state index contributed by atoms with van der Waals surface area (Å²) in [6, 6.07) is 13.7. The highest BCUT2D eigenvalue weighted by molar-refractivity contribution is 9.11. The van der Waals surface area contributed by atoms with Gasteiger partial charge in [0.2, 0.25) is 0 Å². The molecule has 124 valence electrons. The SMILES string of the molecule is CC(C)Oc1c(Br)cc(Br)cc1CNCC(O)c1ccccc1. The fourth-order valence-electron chi connectivity index (χ4n) is 2.25. The number of nitrogens with one attached hydrogen (secondary N) is 1. The quantitative estimate of drug-likeness (QED) is 0.645. The molecule has 2 aromatic rings. The van der Waals surface area contributed by atoms with Crippen LogP contribution in [-0.2, 0) is 6.54 Å². The summed E-state index contributed by atoms with van der Waals surface area (Å²) in [7, 11) is 0. The second-order valence-electron chi connectivity index (χ2n) is 5.60. The van der Waals surface area contributed by atoms with Crippen molar-refractivity contribution in [1.82, 2.24) is 5.32 Å². The Labute approximate surface area is 154 Å². The largest absolute Gasteiger partial charge is 0.489 e. The van der Waals surface area contributed by atoms with E-state index in [4.69, 9.17) is 4.74 Å². The van der Waals surface area contributed by atoms with Gasteiger partial charge in [0.1, 0.15) is 5.75 Å². The lowest BCUT2D eigenvalue weighted by atomic mass is 10.1. The molecule has 0 amide bonds. The van der Waals surface area contributed by atoms with Crippen molar-refractivity contribution in [1.29, 1.82) is 0 Å². The molecule has 23 heavy (non-hydrogen) atoms. The highest BCUT2D eigenvalue weighted by Gasteiger charge is 2.13. The Morgan fingerprint density at radius 1 is 1.13 bits per heavy atom. The van der Waals surface area contributed by atoms with Crippen LogP contribution in [-0.4, -0.2) is 17.8 Å². The van der Waals surface area contributed by atoms with E-state index < -0.39 is 6.10 Å². The second kappa shape index (κ2) is 8.83. The van der Waals surface area contributed by atoms with Crippen LogP contribution in [0.3, 0.4) is 0 Å². The molecule has 2 aromatic carbocycles. The molecule has 3 nitrogen and oxygen atoms in total. The van der Waals surface area contributed by atoms with Gasteiger partial charge in [-0.3, -0.25) is 0 Å². The van der Waals surface area contributed by atoms with Crippen LogP contribution in [0.4, 0.5) is 0 Å². The van der Waals surface area contributed by atoms with Gasteiger partial charge in [-0.05, 0) is 47.5 Å². The van der Waals surface area contributed by atoms with E-state index in [-0.39, 0.29) is 6.10 Å². The standard InChI is InChI=1S/C18H21Br2NO2/c1-12(2)23-18-14(8-15(19)9-16(18)20)10-21-11-17(22)13-6-4-3-5-7-13/h3-9,12,17,21-22H,10-11H2,1-2H3. The van der Waals surface area contributed by atoms with Gasteiger partial charge >= 0.3 is 0 Å². The predicted molar refractivity (Wildman–Crippen MR) is 101 cm³/mol. The summed E-state index contributed by atoms with van der Waals surface area (Å²) in [5.41, 5.74) is 1.95. The molecule has 0 heterocycles. The number of ether oxygens (including phenoxy) is 1. The van der Waals surface area contributed by atoms with Crippen molar-refractivity contribution in [3.05, 3.63) is 62.5 Å². The van der Waals surface area contributed by atoms with Crippen LogP contribution in [0.25, 0.3) is 0 Å². The number of halogens is 2. The first kappa shape index (κ1) is 18.5. The van der Waals surface area contributed by atoms with Crippen molar-refractivity contribution in [3.63, 3.8) is 0 Å². The van der Waals surface area contributed by atoms with E-state index in [0.717, 1.165) is 25.8 Å². The summed E-state index contributed by atoms with van der Waals surface area (Å²) in [5.74, 6) is 0.838. The maximum absolute atomic E-state index is 10.2. The first-order valence-corrected chi connectivity index (χ1v) is 9.14.